The van der Waals surface area contributed by atoms with E-state index in [0.29, 0.717) is 0 Å². The summed E-state index contributed by atoms with van der Waals surface area (Å²) >= 11 is 1.91. The van der Waals surface area contributed by atoms with Crippen molar-refractivity contribution in [2.24, 2.45) is 23.7 Å². The topological polar surface area (TPSA) is 3.24 Å². The zero-order valence-corrected chi connectivity index (χ0v) is 30.0. The lowest BCUT2D eigenvalue weighted by molar-refractivity contribution is -0.0399. The quantitative estimate of drug-likeness (QED) is 0.178. The van der Waals surface area contributed by atoms with E-state index in [1.807, 2.05) is 11.3 Å². The predicted octanol–water partition coefficient (Wildman–Crippen LogP) is 14.1. The summed E-state index contributed by atoms with van der Waals surface area (Å²) < 4.78 is 2.71. The van der Waals surface area contributed by atoms with Gasteiger partial charge in [-0.2, -0.15) is 0 Å². The van der Waals surface area contributed by atoms with Crippen LogP contribution < -0.4 is 4.90 Å². The standard InChI is InChI=1S/C50H39NS/c1-2-10-35-30-39(24-19-33(35)9-1)51(38-22-20-34(21-23-38)40-13-7-14-42-41-11-4-6-18-47(41)52-49(40)42)46-17-8-16-45-48(46)43-12-3-5-15-44(43)50(45)36-26-31-25-32(28-36)29-37(50)27-31/h1-24,30-32,36-37H,25-29H2. The van der Waals surface area contributed by atoms with Gasteiger partial charge in [-0.1, -0.05) is 115 Å². The third-order valence-electron chi connectivity index (χ3n) is 13.6. The van der Waals surface area contributed by atoms with Crippen molar-refractivity contribution in [3.8, 4) is 22.3 Å². The second-order valence-corrected chi connectivity index (χ2v) is 17.2. The number of benzene rings is 7. The van der Waals surface area contributed by atoms with Gasteiger partial charge in [-0.25, -0.2) is 0 Å². The van der Waals surface area contributed by atoms with E-state index in [0.717, 1.165) is 23.7 Å². The minimum absolute atomic E-state index is 0.136. The van der Waals surface area contributed by atoms with Crippen LogP contribution in [0.3, 0.4) is 0 Å². The molecule has 1 aromatic heterocycles. The summed E-state index contributed by atoms with van der Waals surface area (Å²) in [5.74, 6) is 3.34. The van der Waals surface area contributed by atoms with Crippen LogP contribution in [0, 0.1) is 23.7 Å². The third kappa shape index (κ3) is 3.99. The van der Waals surface area contributed by atoms with Gasteiger partial charge in [0.1, 0.15) is 0 Å². The lowest BCUT2D eigenvalue weighted by Gasteiger charge is -2.61. The van der Waals surface area contributed by atoms with Crippen LogP contribution in [-0.2, 0) is 5.41 Å². The largest absolute Gasteiger partial charge is 0.310 e. The molecule has 8 aromatic rings. The average molecular weight is 686 g/mol. The summed E-state index contributed by atoms with van der Waals surface area (Å²) in [6, 6.07) is 57.6. The first-order chi connectivity index (χ1) is 25.7. The Morgan fingerprint density at radius 2 is 1.15 bits per heavy atom. The van der Waals surface area contributed by atoms with Crippen LogP contribution in [-0.4, -0.2) is 0 Å². The molecule has 1 nitrogen and oxygen atoms in total. The van der Waals surface area contributed by atoms with Crippen molar-refractivity contribution >= 4 is 59.3 Å². The maximum Gasteiger partial charge on any atom is 0.0543 e. The van der Waals surface area contributed by atoms with E-state index in [1.165, 1.54) is 102 Å². The maximum absolute atomic E-state index is 2.56. The van der Waals surface area contributed by atoms with Crippen LogP contribution in [0.2, 0.25) is 0 Å². The van der Waals surface area contributed by atoms with E-state index in [9.17, 15) is 0 Å². The van der Waals surface area contributed by atoms with E-state index in [1.54, 1.807) is 11.1 Å². The van der Waals surface area contributed by atoms with Gasteiger partial charge in [0.2, 0.25) is 0 Å². The molecule has 0 radical (unpaired) electrons. The summed E-state index contributed by atoms with van der Waals surface area (Å²) in [5, 5.41) is 5.23. The first-order valence-corrected chi connectivity index (χ1v) is 20.1. The van der Waals surface area contributed by atoms with Gasteiger partial charge in [-0.15, -0.1) is 11.3 Å². The molecule has 0 aliphatic heterocycles. The summed E-state index contributed by atoms with van der Waals surface area (Å²) in [4.78, 5) is 2.56. The Balaban J connectivity index is 1.06. The normalized spacial score (nSPS) is 23.8. The summed E-state index contributed by atoms with van der Waals surface area (Å²) in [6.45, 7) is 0. The van der Waals surface area contributed by atoms with Crippen molar-refractivity contribution in [1.29, 1.82) is 0 Å². The van der Waals surface area contributed by atoms with E-state index in [2.05, 4.69) is 157 Å². The van der Waals surface area contributed by atoms with Gasteiger partial charge in [0.15, 0.2) is 0 Å². The van der Waals surface area contributed by atoms with Crippen LogP contribution in [0.4, 0.5) is 17.1 Å². The highest BCUT2D eigenvalue weighted by molar-refractivity contribution is 7.26. The van der Waals surface area contributed by atoms with Crippen molar-refractivity contribution in [2.45, 2.75) is 37.5 Å². The van der Waals surface area contributed by atoms with Crippen LogP contribution in [0.5, 0.6) is 0 Å². The molecule has 1 heterocycles. The van der Waals surface area contributed by atoms with Gasteiger partial charge in [0.25, 0.3) is 0 Å². The Morgan fingerprint density at radius 3 is 2.00 bits per heavy atom. The number of hydrogen-bond donors (Lipinski definition) is 0. The Morgan fingerprint density at radius 1 is 0.500 bits per heavy atom. The average Bonchev–Trinajstić information content (AvgIpc) is 3.72. The zero-order valence-electron chi connectivity index (χ0n) is 29.1. The molecule has 0 saturated heterocycles. The third-order valence-corrected chi connectivity index (χ3v) is 14.8. The van der Waals surface area contributed by atoms with E-state index < -0.39 is 0 Å². The molecule has 7 aromatic carbocycles. The number of hydrogen-bond acceptors (Lipinski definition) is 2. The Kier molecular flexibility index (Phi) is 6.17. The Bertz CT molecular complexity index is 2690. The fraction of sp³-hybridized carbons (Fsp3) is 0.200. The summed E-state index contributed by atoms with van der Waals surface area (Å²) in [7, 11) is 0. The summed E-state index contributed by atoms with van der Waals surface area (Å²) in [6.07, 6.45) is 7.06. The highest BCUT2D eigenvalue weighted by Crippen LogP contribution is 2.70. The molecule has 4 bridgehead atoms. The van der Waals surface area contributed by atoms with Crippen molar-refractivity contribution in [3.63, 3.8) is 0 Å². The first kappa shape index (κ1) is 29.4. The highest BCUT2D eigenvalue weighted by Gasteiger charge is 2.61. The van der Waals surface area contributed by atoms with E-state index in [4.69, 9.17) is 0 Å². The Hall–Kier alpha value is -5.18. The molecule has 5 aliphatic rings. The molecule has 52 heavy (non-hydrogen) atoms. The van der Waals surface area contributed by atoms with Gasteiger partial charge >= 0.3 is 0 Å². The fourth-order valence-electron chi connectivity index (χ4n) is 11.9. The van der Waals surface area contributed by atoms with Crippen LogP contribution in [0.1, 0.15) is 43.2 Å². The van der Waals surface area contributed by atoms with Gasteiger partial charge in [-0.05, 0) is 131 Å². The minimum Gasteiger partial charge on any atom is -0.310 e. The van der Waals surface area contributed by atoms with Crippen molar-refractivity contribution in [3.05, 3.63) is 163 Å². The fourth-order valence-corrected chi connectivity index (χ4v) is 13.1. The highest BCUT2D eigenvalue weighted by atomic mass is 32.1. The molecular formula is C50H39NS. The molecule has 4 fully saturated rings. The molecule has 2 heteroatoms. The van der Waals surface area contributed by atoms with Gasteiger partial charge in [0.05, 0.1) is 5.69 Å². The van der Waals surface area contributed by atoms with Gasteiger partial charge in [-0.3, -0.25) is 0 Å². The number of anilines is 3. The van der Waals surface area contributed by atoms with Crippen LogP contribution in [0.15, 0.2) is 152 Å². The van der Waals surface area contributed by atoms with Gasteiger partial charge in [0, 0.05) is 42.5 Å². The van der Waals surface area contributed by atoms with Crippen molar-refractivity contribution in [1.82, 2.24) is 0 Å². The summed E-state index contributed by atoms with van der Waals surface area (Å²) in [5.41, 5.74) is 12.5. The molecule has 0 unspecified atom stereocenters. The van der Waals surface area contributed by atoms with Crippen molar-refractivity contribution in [2.75, 3.05) is 4.90 Å². The smallest absolute Gasteiger partial charge is 0.0543 e. The molecule has 0 atom stereocenters. The van der Waals surface area contributed by atoms with E-state index in [-0.39, 0.29) is 5.41 Å². The first-order valence-electron chi connectivity index (χ1n) is 19.3. The SMILES string of the molecule is c1ccc2c(c1)-c1c(N(c3ccc(-c4cccc5c4sc4ccccc45)cc3)c3ccc4ccccc4c3)cccc1C21C2CC3CC(C2)CC1C3. The molecule has 0 amide bonds. The maximum atomic E-state index is 2.56. The molecule has 250 valence electrons. The number of thiophene rings is 1. The zero-order chi connectivity index (χ0) is 34.0. The van der Waals surface area contributed by atoms with Crippen LogP contribution >= 0.6 is 11.3 Å². The van der Waals surface area contributed by atoms with Crippen molar-refractivity contribution < 1.29 is 0 Å². The lowest BCUT2D eigenvalue weighted by Crippen LogP contribution is -2.55. The van der Waals surface area contributed by atoms with E-state index >= 15 is 0 Å². The molecule has 0 N–H and O–H groups in total. The second kappa shape index (κ2) is 10.9. The Labute approximate surface area is 309 Å². The number of nitrogens with zero attached hydrogens (tertiary/aromatic N) is 1. The predicted molar refractivity (Wildman–Crippen MR) is 220 cm³/mol. The van der Waals surface area contributed by atoms with Gasteiger partial charge < -0.3 is 4.90 Å². The second-order valence-electron chi connectivity index (χ2n) is 16.1. The molecular weight excluding hydrogens is 647 g/mol. The molecule has 13 rings (SSSR count). The molecule has 5 aliphatic carbocycles. The number of rotatable bonds is 4. The lowest BCUT2D eigenvalue weighted by atomic mass is 9.43. The molecule has 1 spiro atoms. The minimum atomic E-state index is 0.136. The molecule has 4 saturated carbocycles. The van der Waals surface area contributed by atoms with Crippen LogP contribution in [0.25, 0.3) is 53.2 Å². The number of fused-ring (bicyclic) bond motifs is 7. The monoisotopic (exact) mass is 685 g/mol.